The summed E-state index contributed by atoms with van der Waals surface area (Å²) in [5.74, 6) is 1.43. The first-order valence-electron chi connectivity index (χ1n) is 8.15. The molecule has 1 aliphatic carbocycles. The maximum Gasteiger partial charge on any atom is 0.255 e. The molecule has 22 heavy (non-hydrogen) atoms. The lowest BCUT2D eigenvalue weighted by atomic mass is 10.1. The topological polar surface area (TPSA) is 49.0 Å². The number of aromatic amines is 1. The number of hydrogen-bond acceptors (Lipinski definition) is 4. The summed E-state index contributed by atoms with van der Waals surface area (Å²) < 4.78 is 0. The second kappa shape index (κ2) is 5.63. The number of H-pyrrole nitrogens is 1. The summed E-state index contributed by atoms with van der Waals surface area (Å²) in [6.07, 6.45) is 4.34. The third-order valence-corrected chi connectivity index (χ3v) is 5.79. The number of aryl methyl sites for hydroxylation is 1. The highest BCUT2D eigenvalue weighted by molar-refractivity contribution is 7.11. The molecule has 3 heterocycles. The van der Waals surface area contributed by atoms with E-state index in [0.717, 1.165) is 49.6 Å². The summed E-state index contributed by atoms with van der Waals surface area (Å²) in [6, 6.07) is 4.44. The van der Waals surface area contributed by atoms with Gasteiger partial charge in [0.2, 0.25) is 0 Å². The molecule has 1 aliphatic heterocycles. The molecule has 1 fully saturated rings. The average Bonchev–Trinajstić information content (AvgIpc) is 3.28. The Balaban J connectivity index is 1.52. The zero-order valence-corrected chi connectivity index (χ0v) is 13.7. The Bertz CT molecular complexity index is 745. The van der Waals surface area contributed by atoms with Crippen LogP contribution in [0.2, 0.25) is 0 Å². The Hall–Kier alpha value is -1.46. The van der Waals surface area contributed by atoms with Gasteiger partial charge in [0.05, 0.1) is 11.3 Å². The molecule has 2 aliphatic rings. The third-order valence-electron chi connectivity index (χ3n) is 4.58. The molecule has 1 saturated carbocycles. The van der Waals surface area contributed by atoms with Crippen molar-refractivity contribution in [3.63, 3.8) is 0 Å². The zero-order chi connectivity index (χ0) is 15.1. The van der Waals surface area contributed by atoms with Gasteiger partial charge in [0.15, 0.2) is 0 Å². The van der Waals surface area contributed by atoms with Gasteiger partial charge in [0.25, 0.3) is 5.56 Å². The van der Waals surface area contributed by atoms with Crippen molar-refractivity contribution in [3.8, 4) is 0 Å². The SMILES string of the molecule is CCc1ccc(CN2CCc3nc(C4CC4)[nH]c(=O)c3C2)s1. The molecule has 2 aromatic heterocycles. The molecule has 116 valence electrons. The van der Waals surface area contributed by atoms with E-state index < -0.39 is 0 Å². The molecule has 0 radical (unpaired) electrons. The monoisotopic (exact) mass is 315 g/mol. The van der Waals surface area contributed by atoms with Crippen molar-refractivity contribution >= 4 is 11.3 Å². The van der Waals surface area contributed by atoms with E-state index in [1.54, 1.807) is 0 Å². The lowest BCUT2D eigenvalue weighted by Gasteiger charge is -2.27. The molecule has 0 saturated heterocycles. The highest BCUT2D eigenvalue weighted by atomic mass is 32.1. The van der Waals surface area contributed by atoms with Gasteiger partial charge in [-0.25, -0.2) is 4.98 Å². The lowest BCUT2D eigenvalue weighted by molar-refractivity contribution is 0.243. The second-order valence-corrected chi connectivity index (χ2v) is 7.59. The van der Waals surface area contributed by atoms with Crippen molar-refractivity contribution in [3.05, 3.63) is 49.3 Å². The van der Waals surface area contributed by atoms with E-state index in [-0.39, 0.29) is 5.56 Å². The minimum Gasteiger partial charge on any atom is -0.310 e. The third kappa shape index (κ3) is 2.75. The first-order valence-corrected chi connectivity index (χ1v) is 8.96. The minimum atomic E-state index is 0.0806. The highest BCUT2D eigenvalue weighted by Crippen LogP contribution is 2.37. The predicted octanol–water partition coefficient (Wildman–Crippen LogP) is 2.83. The van der Waals surface area contributed by atoms with Gasteiger partial charge < -0.3 is 4.98 Å². The van der Waals surface area contributed by atoms with E-state index >= 15 is 0 Å². The second-order valence-electron chi connectivity index (χ2n) is 6.33. The van der Waals surface area contributed by atoms with Gasteiger partial charge in [0, 0.05) is 41.7 Å². The molecule has 0 aromatic carbocycles. The lowest BCUT2D eigenvalue weighted by Crippen LogP contribution is -2.35. The van der Waals surface area contributed by atoms with Crippen molar-refractivity contribution in [2.45, 2.75) is 51.6 Å². The Morgan fingerprint density at radius 3 is 2.91 bits per heavy atom. The van der Waals surface area contributed by atoms with Crippen LogP contribution in [0, 0.1) is 0 Å². The molecule has 0 atom stereocenters. The molecular formula is C17H21N3OS. The fourth-order valence-electron chi connectivity index (χ4n) is 3.10. The van der Waals surface area contributed by atoms with Gasteiger partial charge in [-0.3, -0.25) is 9.69 Å². The number of rotatable bonds is 4. The van der Waals surface area contributed by atoms with Crippen LogP contribution < -0.4 is 5.56 Å². The standard InChI is InChI=1S/C17H21N3OS/c1-2-12-5-6-13(22-12)9-20-8-7-15-14(10-20)17(21)19-16(18-15)11-3-4-11/h5-6,11H,2-4,7-10H2,1H3,(H,18,19,21). The van der Waals surface area contributed by atoms with Crippen LogP contribution >= 0.6 is 11.3 Å². The van der Waals surface area contributed by atoms with Crippen LogP contribution in [0.3, 0.4) is 0 Å². The maximum atomic E-state index is 12.3. The molecule has 4 rings (SSSR count). The Kier molecular flexibility index (Phi) is 3.62. The van der Waals surface area contributed by atoms with Crippen LogP contribution in [0.5, 0.6) is 0 Å². The van der Waals surface area contributed by atoms with Crippen molar-refractivity contribution in [2.75, 3.05) is 6.54 Å². The van der Waals surface area contributed by atoms with Gasteiger partial charge >= 0.3 is 0 Å². The molecule has 5 heteroatoms. The van der Waals surface area contributed by atoms with Crippen LogP contribution in [0.1, 0.15) is 52.5 Å². The summed E-state index contributed by atoms with van der Waals surface area (Å²) in [7, 11) is 0. The number of thiophene rings is 1. The minimum absolute atomic E-state index is 0.0806. The number of nitrogens with one attached hydrogen (secondary N) is 1. The Labute approximate surface area is 134 Å². The molecule has 0 unspecified atom stereocenters. The van der Waals surface area contributed by atoms with Crippen molar-refractivity contribution in [1.29, 1.82) is 0 Å². The van der Waals surface area contributed by atoms with Crippen molar-refractivity contribution < 1.29 is 0 Å². The maximum absolute atomic E-state index is 12.3. The van der Waals surface area contributed by atoms with E-state index in [4.69, 9.17) is 4.98 Å². The highest BCUT2D eigenvalue weighted by Gasteiger charge is 2.29. The summed E-state index contributed by atoms with van der Waals surface area (Å²) in [5.41, 5.74) is 1.99. The van der Waals surface area contributed by atoms with E-state index in [9.17, 15) is 4.79 Å². The van der Waals surface area contributed by atoms with E-state index in [2.05, 4.69) is 28.9 Å². The Morgan fingerprint density at radius 1 is 1.36 bits per heavy atom. The first-order chi connectivity index (χ1) is 10.7. The van der Waals surface area contributed by atoms with E-state index in [1.165, 1.54) is 22.6 Å². The number of nitrogens with zero attached hydrogens (tertiary/aromatic N) is 2. The molecule has 1 N–H and O–H groups in total. The fraction of sp³-hybridized carbons (Fsp3) is 0.529. The van der Waals surface area contributed by atoms with E-state index in [0.29, 0.717) is 5.92 Å². The van der Waals surface area contributed by atoms with Crippen LogP contribution in [-0.4, -0.2) is 21.4 Å². The van der Waals surface area contributed by atoms with Gasteiger partial charge in [-0.2, -0.15) is 0 Å². The van der Waals surface area contributed by atoms with Crippen LogP contribution in [0.15, 0.2) is 16.9 Å². The summed E-state index contributed by atoms with van der Waals surface area (Å²) in [6.45, 7) is 4.85. The van der Waals surface area contributed by atoms with Crippen molar-refractivity contribution in [2.24, 2.45) is 0 Å². The van der Waals surface area contributed by atoms with Gasteiger partial charge in [-0.1, -0.05) is 6.92 Å². The van der Waals surface area contributed by atoms with Gasteiger partial charge in [0.1, 0.15) is 5.82 Å². The van der Waals surface area contributed by atoms with Crippen LogP contribution in [0.4, 0.5) is 0 Å². The average molecular weight is 315 g/mol. The van der Waals surface area contributed by atoms with Crippen LogP contribution in [-0.2, 0) is 25.9 Å². The van der Waals surface area contributed by atoms with Gasteiger partial charge in [-0.05, 0) is 31.4 Å². The fourth-order valence-corrected chi connectivity index (χ4v) is 4.10. The largest absolute Gasteiger partial charge is 0.310 e. The predicted molar refractivity (Wildman–Crippen MR) is 88.3 cm³/mol. The normalized spacial score (nSPS) is 18.4. The molecule has 4 nitrogen and oxygen atoms in total. The smallest absolute Gasteiger partial charge is 0.255 e. The Morgan fingerprint density at radius 2 is 2.18 bits per heavy atom. The molecule has 2 aromatic rings. The quantitative estimate of drug-likeness (QED) is 0.944. The number of aromatic nitrogens is 2. The summed E-state index contributed by atoms with van der Waals surface area (Å²) in [4.78, 5) is 25.2. The zero-order valence-electron chi connectivity index (χ0n) is 12.9. The van der Waals surface area contributed by atoms with Crippen LogP contribution in [0.25, 0.3) is 0 Å². The molecule has 0 bridgehead atoms. The first kappa shape index (κ1) is 14.2. The molecular weight excluding hydrogens is 294 g/mol. The molecule has 0 spiro atoms. The number of fused-ring (bicyclic) bond motifs is 1. The van der Waals surface area contributed by atoms with Gasteiger partial charge in [-0.15, -0.1) is 11.3 Å². The number of hydrogen-bond donors (Lipinski definition) is 1. The van der Waals surface area contributed by atoms with E-state index in [1.807, 2.05) is 11.3 Å². The molecule has 0 amide bonds. The summed E-state index contributed by atoms with van der Waals surface area (Å²) in [5, 5.41) is 0. The summed E-state index contributed by atoms with van der Waals surface area (Å²) >= 11 is 1.88. The van der Waals surface area contributed by atoms with Crippen molar-refractivity contribution in [1.82, 2.24) is 14.9 Å².